The summed E-state index contributed by atoms with van der Waals surface area (Å²) in [5.74, 6) is -0.342. The topological polar surface area (TPSA) is 74.2 Å². The molecule has 0 spiro atoms. The van der Waals surface area contributed by atoms with E-state index < -0.39 is 11.8 Å². The number of unbranched alkanes of at least 4 members (excludes halogenated alkanes) is 2. The van der Waals surface area contributed by atoms with E-state index in [0.717, 1.165) is 43.4 Å². The third-order valence-corrected chi connectivity index (χ3v) is 5.85. The number of ketones is 1. The van der Waals surface area contributed by atoms with Crippen molar-refractivity contribution < 1.29 is 23.8 Å². The summed E-state index contributed by atoms with van der Waals surface area (Å²) in [4.78, 5) is 30.8. The smallest absolute Gasteiger partial charge is 0.315 e. The lowest BCUT2D eigenvalue weighted by Crippen LogP contribution is -2.37. The third-order valence-electron chi connectivity index (χ3n) is 5.85. The van der Waals surface area contributed by atoms with Gasteiger partial charge in [-0.15, -0.1) is 0 Å². The molecular formula is C24H31NO5. The van der Waals surface area contributed by atoms with E-state index in [-0.39, 0.29) is 11.8 Å². The SMILES string of the molecule is CCCCCOC(=O)C1C(C)=NC2=C(C(=O)CCC2)[C@H]1c1cccc(OC)c1OC. The van der Waals surface area contributed by atoms with E-state index in [1.807, 2.05) is 25.1 Å². The van der Waals surface area contributed by atoms with Gasteiger partial charge in [0, 0.05) is 34.9 Å². The van der Waals surface area contributed by atoms with Crippen LogP contribution in [0.25, 0.3) is 0 Å². The van der Waals surface area contributed by atoms with Crippen LogP contribution < -0.4 is 9.47 Å². The molecule has 2 aliphatic rings. The summed E-state index contributed by atoms with van der Waals surface area (Å²) in [7, 11) is 3.15. The van der Waals surface area contributed by atoms with Crippen molar-refractivity contribution in [1.29, 1.82) is 0 Å². The Bertz CT molecular complexity index is 870. The van der Waals surface area contributed by atoms with Crippen molar-refractivity contribution in [2.75, 3.05) is 20.8 Å². The van der Waals surface area contributed by atoms with Crippen LogP contribution in [-0.4, -0.2) is 38.3 Å². The molecule has 3 rings (SSSR count). The predicted octanol–water partition coefficient (Wildman–Crippen LogP) is 4.62. The maximum absolute atomic E-state index is 13.2. The lowest BCUT2D eigenvalue weighted by atomic mass is 9.71. The van der Waals surface area contributed by atoms with Gasteiger partial charge in [0.1, 0.15) is 5.92 Å². The third kappa shape index (κ3) is 4.27. The highest BCUT2D eigenvalue weighted by Crippen LogP contribution is 2.48. The monoisotopic (exact) mass is 413 g/mol. The minimum Gasteiger partial charge on any atom is -0.493 e. The number of Topliss-reactive ketones (excluding diaryl/α,β-unsaturated/α-hetero) is 1. The summed E-state index contributed by atoms with van der Waals surface area (Å²) in [6.07, 6.45) is 4.86. The van der Waals surface area contributed by atoms with Crippen molar-refractivity contribution in [2.24, 2.45) is 10.9 Å². The number of hydrogen-bond acceptors (Lipinski definition) is 6. The first-order chi connectivity index (χ1) is 14.5. The summed E-state index contributed by atoms with van der Waals surface area (Å²) in [6, 6.07) is 5.56. The highest BCUT2D eigenvalue weighted by molar-refractivity contribution is 6.09. The number of para-hydroxylation sites is 1. The molecule has 0 fully saturated rings. The zero-order valence-corrected chi connectivity index (χ0v) is 18.3. The fourth-order valence-electron chi connectivity index (χ4n) is 4.42. The van der Waals surface area contributed by atoms with Crippen LogP contribution in [0.2, 0.25) is 0 Å². The number of methoxy groups -OCH3 is 2. The van der Waals surface area contributed by atoms with Gasteiger partial charge in [-0.1, -0.05) is 31.9 Å². The molecule has 1 aromatic rings. The molecule has 1 heterocycles. The predicted molar refractivity (Wildman–Crippen MR) is 115 cm³/mol. The Kier molecular flexibility index (Phi) is 7.29. The summed E-state index contributed by atoms with van der Waals surface area (Å²) in [5.41, 5.74) is 2.84. The number of nitrogens with zero attached hydrogens (tertiary/aromatic N) is 1. The summed E-state index contributed by atoms with van der Waals surface area (Å²) in [5, 5.41) is 0. The van der Waals surface area contributed by atoms with Gasteiger partial charge >= 0.3 is 5.97 Å². The van der Waals surface area contributed by atoms with Crippen molar-refractivity contribution >= 4 is 17.5 Å². The minimum absolute atomic E-state index is 0.0474. The average molecular weight is 414 g/mol. The fraction of sp³-hybridized carbons (Fsp3) is 0.542. The molecule has 0 radical (unpaired) electrons. The molecule has 30 heavy (non-hydrogen) atoms. The first-order valence-corrected chi connectivity index (χ1v) is 10.7. The van der Waals surface area contributed by atoms with Crippen LogP contribution in [0.15, 0.2) is 34.5 Å². The number of hydrogen-bond donors (Lipinski definition) is 0. The van der Waals surface area contributed by atoms with Crippen LogP contribution >= 0.6 is 0 Å². The van der Waals surface area contributed by atoms with Gasteiger partial charge in [-0.3, -0.25) is 14.6 Å². The van der Waals surface area contributed by atoms with Gasteiger partial charge in [0.25, 0.3) is 0 Å². The Morgan fingerprint density at radius 2 is 1.97 bits per heavy atom. The van der Waals surface area contributed by atoms with Gasteiger partial charge < -0.3 is 14.2 Å². The van der Waals surface area contributed by atoms with E-state index in [1.54, 1.807) is 14.2 Å². The number of aliphatic imine (C=N–C) groups is 1. The number of benzene rings is 1. The van der Waals surface area contributed by atoms with E-state index >= 15 is 0 Å². The van der Waals surface area contributed by atoms with E-state index in [1.165, 1.54) is 0 Å². The van der Waals surface area contributed by atoms with Gasteiger partial charge in [-0.05, 0) is 32.3 Å². The molecule has 0 saturated carbocycles. The molecule has 2 atom stereocenters. The summed E-state index contributed by atoms with van der Waals surface area (Å²) in [6.45, 7) is 4.33. The molecule has 0 amide bonds. The Morgan fingerprint density at radius 1 is 1.17 bits per heavy atom. The first-order valence-electron chi connectivity index (χ1n) is 10.7. The quantitative estimate of drug-likeness (QED) is 0.459. The minimum atomic E-state index is -0.659. The molecule has 0 bridgehead atoms. The average Bonchev–Trinajstić information content (AvgIpc) is 2.75. The summed E-state index contributed by atoms with van der Waals surface area (Å²) < 4.78 is 16.8. The molecule has 6 nitrogen and oxygen atoms in total. The molecule has 1 aliphatic carbocycles. The van der Waals surface area contributed by atoms with Crippen LogP contribution in [0.4, 0.5) is 0 Å². The first kappa shape index (κ1) is 22.1. The highest BCUT2D eigenvalue weighted by Gasteiger charge is 2.44. The number of ether oxygens (including phenoxy) is 3. The zero-order valence-electron chi connectivity index (χ0n) is 18.3. The molecule has 6 heteroatoms. The van der Waals surface area contributed by atoms with Crippen molar-refractivity contribution in [3.63, 3.8) is 0 Å². The normalized spacial score (nSPS) is 21.1. The van der Waals surface area contributed by atoms with Gasteiger partial charge in [-0.25, -0.2) is 0 Å². The van der Waals surface area contributed by atoms with Crippen molar-refractivity contribution in [3.8, 4) is 11.5 Å². The van der Waals surface area contributed by atoms with Gasteiger partial charge in [0.2, 0.25) is 0 Å². The maximum Gasteiger partial charge on any atom is 0.315 e. The summed E-state index contributed by atoms with van der Waals surface area (Å²) >= 11 is 0. The lowest BCUT2D eigenvalue weighted by molar-refractivity contribution is -0.146. The van der Waals surface area contributed by atoms with E-state index in [9.17, 15) is 9.59 Å². The van der Waals surface area contributed by atoms with Crippen molar-refractivity contribution in [3.05, 3.63) is 35.0 Å². The molecule has 162 valence electrons. The number of rotatable bonds is 8. The molecule has 1 aromatic carbocycles. The van der Waals surface area contributed by atoms with E-state index in [2.05, 4.69) is 11.9 Å². The van der Waals surface area contributed by atoms with E-state index in [0.29, 0.717) is 35.8 Å². The van der Waals surface area contributed by atoms with Gasteiger partial charge in [0.05, 0.1) is 20.8 Å². The molecule has 0 aromatic heterocycles. The number of esters is 1. The second-order valence-corrected chi connectivity index (χ2v) is 7.80. The molecule has 0 N–H and O–H groups in total. The fourth-order valence-corrected chi connectivity index (χ4v) is 4.42. The standard InChI is InChI=1S/C24H31NO5/c1-5-6-7-14-30-24(27)20-15(2)25-17-11-9-12-18(26)22(17)21(20)16-10-8-13-19(28-3)23(16)29-4/h8,10,13,20-21H,5-7,9,11-12,14H2,1-4H3/t20?,21-/m0/s1. The Hall–Kier alpha value is -2.63. The lowest BCUT2D eigenvalue weighted by Gasteiger charge is -2.35. The van der Waals surface area contributed by atoms with Crippen molar-refractivity contribution in [2.45, 2.75) is 58.3 Å². The molecule has 0 saturated heterocycles. The van der Waals surface area contributed by atoms with Crippen LogP contribution in [-0.2, 0) is 14.3 Å². The molecule has 1 aliphatic heterocycles. The Balaban J connectivity index is 2.08. The maximum atomic E-state index is 13.2. The largest absolute Gasteiger partial charge is 0.493 e. The Labute approximate surface area is 178 Å². The second kappa shape index (κ2) is 9.92. The van der Waals surface area contributed by atoms with Gasteiger partial charge in [0.15, 0.2) is 17.3 Å². The number of carbonyl (C=O) groups excluding carboxylic acids is 2. The van der Waals surface area contributed by atoms with Gasteiger partial charge in [-0.2, -0.15) is 0 Å². The Morgan fingerprint density at radius 3 is 2.67 bits per heavy atom. The molecular weight excluding hydrogens is 382 g/mol. The van der Waals surface area contributed by atoms with Crippen molar-refractivity contribution in [1.82, 2.24) is 0 Å². The zero-order chi connectivity index (χ0) is 21.7. The second-order valence-electron chi connectivity index (χ2n) is 7.80. The van der Waals surface area contributed by atoms with Crippen LogP contribution in [0.3, 0.4) is 0 Å². The van der Waals surface area contributed by atoms with E-state index in [4.69, 9.17) is 14.2 Å². The van der Waals surface area contributed by atoms with Crippen LogP contribution in [0.1, 0.15) is 63.9 Å². The highest BCUT2D eigenvalue weighted by atomic mass is 16.5. The molecule has 1 unspecified atom stereocenters. The van der Waals surface area contributed by atoms with Crippen LogP contribution in [0.5, 0.6) is 11.5 Å². The number of allylic oxidation sites excluding steroid dienone is 2. The van der Waals surface area contributed by atoms with Crippen LogP contribution in [0, 0.1) is 5.92 Å². The number of carbonyl (C=O) groups is 2.